The van der Waals surface area contributed by atoms with Crippen molar-refractivity contribution in [3.8, 4) is 0 Å². The standard InChI is InChI=1S/C13H11ClN2O3/c1-15-12(17)8-4-2-3-5-10(8)16-13(18)9-6-7-19-11(9)14/h2-7H,1H3,(H,15,17)(H,16,18). The van der Waals surface area contributed by atoms with E-state index in [0.29, 0.717) is 11.3 Å². The molecule has 19 heavy (non-hydrogen) atoms. The lowest BCUT2D eigenvalue weighted by molar-refractivity contribution is 0.0964. The van der Waals surface area contributed by atoms with Crippen molar-refractivity contribution in [2.45, 2.75) is 0 Å². The number of rotatable bonds is 3. The van der Waals surface area contributed by atoms with Gasteiger partial charge in [0.05, 0.1) is 23.1 Å². The Morgan fingerprint density at radius 2 is 1.84 bits per heavy atom. The minimum absolute atomic E-state index is 0.00919. The largest absolute Gasteiger partial charge is 0.452 e. The molecule has 1 aromatic heterocycles. The Bertz CT molecular complexity index is 622. The van der Waals surface area contributed by atoms with E-state index in [1.165, 1.54) is 19.4 Å². The monoisotopic (exact) mass is 278 g/mol. The molecule has 2 rings (SSSR count). The number of amides is 2. The number of halogens is 1. The smallest absolute Gasteiger partial charge is 0.260 e. The van der Waals surface area contributed by atoms with Crippen molar-refractivity contribution in [1.82, 2.24) is 5.32 Å². The Morgan fingerprint density at radius 3 is 2.47 bits per heavy atom. The van der Waals surface area contributed by atoms with E-state index in [0.717, 1.165) is 0 Å². The molecule has 0 spiro atoms. The summed E-state index contributed by atoms with van der Waals surface area (Å²) in [6.45, 7) is 0. The summed E-state index contributed by atoms with van der Waals surface area (Å²) in [6, 6.07) is 8.14. The molecule has 98 valence electrons. The SMILES string of the molecule is CNC(=O)c1ccccc1NC(=O)c1ccoc1Cl. The first-order chi connectivity index (χ1) is 9.13. The van der Waals surface area contributed by atoms with Gasteiger partial charge in [-0.2, -0.15) is 0 Å². The Kier molecular flexibility index (Phi) is 3.87. The molecule has 0 saturated heterocycles. The Balaban J connectivity index is 2.27. The van der Waals surface area contributed by atoms with Crippen LogP contribution in [-0.4, -0.2) is 18.9 Å². The van der Waals surface area contributed by atoms with E-state index in [-0.39, 0.29) is 16.7 Å². The van der Waals surface area contributed by atoms with Crippen LogP contribution in [0.4, 0.5) is 5.69 Å². The molecule has 0 aliphatic rings. The van der Waals surface area contributed by atoms with E-state index in [9.17, 15) is 9.59 Å². The van der Waals surface area contributed by atoms with Crippen LogP contribution in [0.3, 0.4) is 0 Å². The zero-order valence-corrected chi connectivity index (χ0v) is 10.8. The van der Waals surface area contributed by atoms with E-state index in [1.807, 2.05) is 0 Å². The molecule has 0 saturated carbocycles. The van der Waals surface area contributed by atoms with Gasteiger partial charge in [-0.1, -0.05) is 12.1 Å². The van der Waals surface area contributed by atoms with E-state index >= 15 is 0 Å². The molecule has 0 radical (unpaired) electrons. The average molecular weight is 279 g/mol. The number of hydrogen-bond donors (Lipinski definition) is 2. The van der Waals surface area contributed by atoms with Crippen molar-refractivity contribution in [2.75, 3.05) is 12.4 Å². The maximum Gasteiger partial charge on any atom is 0.260 e. The Labute approximate surface area is 114 Å². The molecule has 0 aliphatic carbocycles. The molecule has 5 nitrogen and oxygen atoms in total. The fourth-order valence-corrected chi connectivity index (χ4v) is 1.77. The van der Waals surface area contributed by atoms with Crippen LogP contribution in [0.15, 0.2) is 41.0 Å². The summed E-state index contributed by atoms with van der Waals surface area (Å²) in [4.78, 5) is 23.6. The predicted molar refractivity (Wildman–Crippen MR) is 71.5 cm³/mol. The maximum absolute atomic E-state index is 12.0. The molecular formula is C13H11ClN2O3. The third-order valence-corrected chi connectivity index (χ3v) is 2.80. The fourth-order valence-electron chi connectivity index (χ4n) is 1.57. The molecule has 1 heterocycles. The van der Waals surface area contributed by atoms with Crippen LogP contribution >= 0.6 is 11.6 Å². The number of anilines is 1. The van der Waals surface area contributed by atoms with Crippen LogP contribution in [0.2, 0.25) is 5.22 Å². The normalized spacial score (nSPS) is 10.0. The third-order valence-electron chi connectivity index (χ3n) is 2.51. The lowest BCUT2D eigenvalue weighted by Crippen LogP contribution is -2.21. The highest BCUT2D eigenvalue weighted by atomic mass is 35.5. The Hall–Kier alpha value is -2.27. The van der Waals surface area contributed by atoms with Gasteiger partial charge in [-0.15, -0.1) is 0 Å². The fraction of sp³-hybridized carbons (Fsp3) is 0.0769. The minimum atomic E-state index is -0.435. The highest BCUT2D eigenvalue weighted by Crippen LogP contribution is 2.20. The average Bonchev–Trinajstić information content (AvgIpc) is 2.85. The molecule has 0 fully saturated rings. The van der Waals surface area contributed by atoms with Gasteiger partial charge in [0.15, 0.2) is 0 Å². The quantitative estimate of drug-likeness (QED) is 0.906. The summed E-state index contributed by atoms with van der Waals surface area (Å²) in [5.41, 5.74) is 0.996. The summed E-state index contributed by atoms with van der Waals surface area (Å²) in [5.74, 6) is -0.718. The molecular weight excluding hydrogens is 268 g/mol. The van der Waals surface area contributed by atoms with Crippen LogP contribution in [0.5, 0.6) is 0 Å². The van der Waals surface area contributed by atoms with Gasteiger partial charge < -0.3 is 15.1 Å². The highest BCUT2D eigenvalue weighted by molar-refractivity contribution is 6.32. The van der Waals surface area contributed by atoms with Crippen LogP contribution in [-0.2, 0) is 0 Å². The second-order valence-corrected chi connectivity index (χ2v) is 4.03. The third kappa shape index (κ3) is 2.77. The molecule has 2 amide bonds. The zero-order valence-electron chi connectivity index (χ0n) is 10.1. The van der Waals surface area contributed by atoms with Crippen molar-refractivity contribution in [1.29, 1.82) is 0 Å². The van der Waals surface area contributed by atoms with Gasteiger partial charge in [0, 0.05) is 7.05 Å². The molecule has 0 bridgehead atoms. The second-order valence-electron chi connectivity index (χ2n) is 3.69. The van der Waals surface area contributed by atoms with Crippen LogP contribution in [0, 0.1) is 0 Å². The van der Waals surface area contributed by atoms with Crippen molar-refractivity contribution >= 4 is 29.1 Å². The molecule has 0 unspecified atom stereocenters. The Morgan fingerprint density at radius 1 is 1.11 bits per heavy atom. The van der Waals surface area contributed by atoms with Gasteiger partial charge >= 0.3 is 0 Å². The van der Waals surface area contributed by atoms with Crippen LogP contribution in [0.25, 0.3) is 0 Å². The van der Waals surface area contributed by atoms with Crippen LogP contribution in [0.1, 0.15) is 20.7 Å². The number of para-hydroxylation sites is 1. The molecule has 2 aromatic rings. The van der Waals surface area contributed by atoms with Crippen molar-refractivity contribution in [3.63, 3.8) is 0 Å². The first-order valence-corrected chi connectivity index (χ1v) is 5.86. The lowest BCUT2D eigenvalue weighted by atomic mass is 10.1. The first kappa shape index (κ1) is 13.2. The molecule has 1 aromatic carbocycles. The summed E-state index contributed by atoms with van der Waals surface area (Å²) in [7, 11) is 1.52. The van der Waals surface area contributed by atoms with Gasteiger partial charge in [-0.3, -0.25) is 9.59 Å². The highest BCUT2D eigenvalue weighted by Gasteiger charge is 2.16. The van der Waals surface area contributed by atoms with Gasteiger partial charge in [0.1, 0.15) is 0 Å². The van der Waals surface area contributed by atoms with E-state index < -0.39 is 5.91 Å². The van der Waals surface area contributed by atoms with Crippen molar-refractivity contribution in [3.05, 3.63) is 52.9 Å². The molecule has 0 atom stereocenters. The van der Waals surface area contributed by atoms with Crippen molar-refractivity contribution in [2.24, 2.45) is 0 Å². The number of benzene rings is 1. The number of furan rings is 1. The summed E-state index contributed by atoms with van der Waals surface area (Å²) in [5, 5.41) is 5.14. The molecule has 2 N–H and O–H groups in total. The lowest BCUT2D eigenvalue weighted by Gasteiger charge is -2.09. The maximum atomic E-state index is 12.0. The van der Waals surface area contributed by atoms with Gasteiger partial charge in [0.2, 0.25) is 5.22 Å². The van der Waals surface area contributed by atoms with E-state index in [4.69, 9.17) is 16.0 Å². The topological polar surface area (TPSA) is 71.3 Å². The summed E-state index contributed by atoms with van der Waals surface area (Å²) in [6.07, 6.45) is 1.32. The van der Waals surface area contributed by atoms with Gasteiger partial charge in [0.25, 0.3) is 11.8 Å². The number of carbonyl (C=O) groups excluding carboxylic acids is 2. The predicted octanol–water partition coefficient (Wildman–Crippen LogP) is 2.54. The first-order valence-electron chi connectivity index (χ1n) is 5.49. The second kappa shape index (κ2) is 5.58. The van der Waals surface area contributed by atoms with Crippen LogP contribution < -0.4 is 10.6 Å². The summed E-state index contributed by atoms with van der Waals surface area (Å²) < 4.78 is 4.85. The van der Waals surface area contributed by atoms with E-state index in [2.05, 4.69) is 10.6 Å². The summed E-state index contributed by atoms with van der Waals surface area (Å²) >= 11 is 5.72. The minimum Gasteiger partial charge on any atom is -0.452 e. The zero-order chi connectivity index (χ0) is 13.8. The number of nitrogens with one attached hydrogen (secondary N) is 2. The van der Waals surface area contributed by atoms with Gasteiger partial charge in [-0.25, -0.2) is 0 Å². The van der Waals surface area contributed by atoms with Gasteiger partial charge in [-0.05, 0) is 29.8 Å². The van der Waals surface area contributed by atoms with E-state index in [1.54, 1.807) is 24.3 Å². The number of carbonyl (C=O) groups is 2. The molecule has 0 aliphatic heterocycles. The van der Waals surface area contributed by atoms with Crippen molar-refractivity contribution < 1.29 is 14.0 Å². The molecule has 6 heteroatoms. The number of hydrogen-bond acceptors (Lipinski definition) is 3.